The Bertz CT molecular complexity index is 698. The average Bonchev–Trinajstić information content (AvgIpc) is 2.81. The maximum absolute atomic E-state index is 12.6. The molecule has 2 heterocycles. The molecule has 0 aliphatic carbocycles. The van der Waals surface area contributed by atoms with Crippen LogP contribution in [-0.4, -0.2) is 88.8 Å². The highest BCUT2D eigenvalue weighted by atomic mass is 16.5. The minimum absolute atomic E-state index is 0.0767. The number of nitrogens with zero attached hydrogens (tertiary/aromatic N) is 6. The van der Waals surface area contributed by atoms with Gasteiger partial charge in [0.25, 0.3) is 0 Å². The van der Waals surface area contributed by atoms with E-state index >= 15 is 0 Å². The maximum Gasteiger partial charge on any atom is 0.248 e. The fourth-order valence-electron chi connectivity index (χ4n) is 3.37. The lowest BCUT2D eigenvalue weighted by atomic mass is 10.0. The quantitative estimate of drug-likeness (QED) is 0.150. The molecule has 2 amide bonds. The summed E-state index contributed by atoms with van der Waals surface area (Å²) in [5.74, 6) is 0.239. The summed E-state index contributed by atoms with van der Waals surface area (Å²) < 4.78 is 0. The second-order valence-corrected chi connectivity index (χ2v) is 7.49. The van der Waals surface area contributed by atoms with Gasteiger partial charge in [-0.05, 0) is 13.0 Å². The van der Waals surface area contributed by atoms with Crippen molar-refractivity contribution >= 4 is 30.2 Å². The molecule has 4 N–H and O–H groups in total. The topological polar surface area (TPSA) is 139 Å². The van der Waals surface area contributed by atoms with Crippen LogP contribution in [0.25, 0.3) is 0 Å². The Morgan fingerprint density at radius 2 is 1.87 bits per heavy atom. The molecule has 1 fully saturated rings. The minimum atomic E-state index is -0.554. The number of hydroxylamine groups is 2. The van der Waals surface area contributed by atoms with Crippen molar-refractivity contribution in [3.8, 4) is 0 Å². The van der Waals surface area contributed by atoms with E-state index in [1.54, 1.807) is 7.05 Å². The Hall–Kier alpha value is -2.73. The van der Waals surface area contributed by atoms with E-state index in [1.165, 1.54) is 0 Å². The predicted molar refractivity (Wildman–Crippen MR) is 118 cm³/mol. The average molecular weight is 438 g/mol. The zero-order valence-electron chi connectivity index (χ0n) is 18.7. The van der Waals surface area contributed by atoms with Gasteiger partial charge in [-0.3, -0.25) is 25.6 Å². The van der Waals surface area contributed by atoms with Crippen molar-refractivity contribution < 1.29 is 14.8 Å². The van der Waals surface area contributed by atoms with Crippen LogP contribution < -0.4 is 21.1 Å². The summed E-state index contributed by atoms with van der Waals surface area (Å²) >= 11 is 0. The van der Waals surface area contributed by atoms with Gasteiger partial charge in [-0.2, -0.15) is 15.0 Å². The molecule has 0 spiro atoms. The summed E-state index contributed by atoms with van der Waals surface area (Å²) in [6, 6.07) is 0. The fraction of sp³-hybridized carbons (Fsp3) is 0.737. The molecule has 1 aliphatic rings. The van der Waals surface area contributed by atoms with Gasteiger partial charge in [-0.25, -0.2) is 5.06 Å². The van der Waals surface area contributed by atoms with Gasteiger partial charge in [-0.15, -0.1) is 0 Å². The third-order valence-corrected chi connectivity index (χ3v) is 5.30. The lowest BCUT2D eigenvalue weighted by Crippen LogP contribution is -2.47. The molecular weight excluding hydrogens is 402 g/mol. The molecule has 1 unspecified atom stereocenters. The summed E-state index contributed by atoms with van der Waals surface area (Å²) in [4.78, 5) is 41.0. The summed E-state index contributed by atoms with van der Waals surface area (Å²) in [6.45, 7) is 8.64. The van der Waals surface area contributed by atoms with Gasteiger partial charge in [-0.1, -0.05) is 33.1 Å². The van der Waals surface area contributed by atoms with E-state index in [4.69, 9.17) is 0 Å². The van der Waals surface area contributed by atoms with Crippen molar-refractivity contribution in [1.29, 1.82) is 0 Å². The van der Waals surface area contributed by atoms with Gasteiger partial charge >= 0.3 is 0 Å². The smallest absolute Gasteiger partial charge is 0.248 e. The molecular formula is C19H35N9O3. The normalized spacial score (nSPS) is 15.3. The van der Waals surface area contributed by atoms with Crippen molar-refractivity contribution in [2.45, 2.75) is 39.5 Å². The molecule has 2 rings (SSSR count). The Balaban J connectivity index is 2.02. The summed E-state index contributed by atoms with van der Waals surface area (Å²) in [6.07, 6.45) is 3.65. The van der Waals surface area contributed by atoms with E-state index in [9.17, 15) is 14.8 Å². The molecule has 1 aromatic heterocycles. The first-order valence-corrected chi connectivity index (χ1v) is 10.9. The third-order valence-electron chi connectivity index (χ3n) is 5.30. The number of amides is 2. The Labute approximate surface area is 183 Å². The van der Waals surface area contributed by atoms with Crippen LogP contribution in [0.15, 0.2) is 0 Å². The van der Waals surface area contributed by atoms with Gasteiger partial charge in [0.2, 0.25) is 30.2 Å². The largest absolute Gasteiger partial charge is 0.357 e. The van der Waals surface area contributed by atoms with Gasteiger partial charge < -0.3 is 15.1 Å². The van der Waals surface area contributed by atoms with E-state index in [2.05, 4.69) is 54.8 Å². The highest BCUT2D eigenvalue weighted by Crippen LogP contribution is 2.16. The molecule has 1 atom stereocenters. The standard InChI is InChI=1S/C19H35N9O3/c1-4-6-7-8-15(13-28(31)14-29)16(30)24-25-18-21-17(20-3)22-19(23-18)27-11-9-26(5-2)10-12-27/h14-15,31H,4-13H2,1-3H3,(H,24,30)(H2,20,21,22,23,25). The number of carbonyl (C=O) groups excluding carboxylic acids is 2. The van der Waals surface area contributed by atoms with Gasteiger partial charge in [0.1, 0.15) is 0 Å². The lowest BCUT2D eigenvalue weighted by Gasteiger charge is -2.34. The molecule has 0 saturated carbocycles. The van der Waals surface area contributed by atoms with E-state index in [0.717, 1.165) is 52.0 Å². The molecule has 12 heteroatoms. The number of carbonyl (C=O) groups is 2. The number of hydrogen-bond acceptors (Lipinski definition) is 10. The van der Waals surface area contributed by atoms with Crippen LogP contribution in [-0.2, 0) is 9.59 Å². The monoisotopic (exact) mass is 437 g/mol. The van der Waals surface area contributed by atoms with Crippen molar-refractivity contribution in [2.75, 3.05) is 62.0 Å². The molecule has 0 bridgehead atoms. The van der Waals surface area contributed by atoms with E-state index in [1.807, 2.05) is 0 Å². The Morgan fingerprint density at radius 1 is 1.16 bits per heavy atom. The Kier molecular flexibility index (Phi) is 10.2. The highest BCUT2D eigenvalue weighted by molar-refractivity contribution is 5.80. The first-order chi connectivity index (χ1) is 15.0. The van der Waals surface area contributed by atoms with E-state index in [0.29, 0.717) is 29.8 Å². The van der Waals surface area contributed by atoms with Crippen LogP contribution in [0.3, 0.4) is 0 Å². The lowest BCUT2D eigenvalue weighted by molar-refractivity contribution is -0.154. The minimum Gasteiger partial charge on any atom is -0.357 e. The van der Waals surface area contributed by atoms with Crippen molar-refractivity contribution in [3.05, 3.63) is 0 Å². The molecule has 174 valence electrons. The number of anilines is 3. The number of likely N-dealkylation sites (N-methyl/N-ethyl adjacent to an activating group) is 1. The second-order valence-electron chi connectivity index (χ2n) is 7.49. The SMILES string of the molecule is CCCCCC(CN(O)C=O)C(=O)NNc1nc(NC)nc(N2CCN(CC)CC2)n1. The zero-order valence-corrected chi connectivity index (χ0v) is 18.7. The molecule has 1 saturated heterocycles. The third kappa shape index (κ3) is 7.79. The molecule has 0 radical (unpaired) electrons. The van der Waals surface area contributed by atoms with Crippen LogP contribution in [0.5, 0.6) is 0 Å². The molecule has 0 aromatic carbocycles. The van der Waals surface area contributed by atoms with Crippen LogP contribution in [0, 0.1) is 5.92 Å². The van der Waals surface area contributed by atoms with Crippen LogP contribution in [0.4, 0.5) is 17.8 Å². The first kappa shape index (κ1) is 24.5. The summed E-state index contributed by atoms with van der Waals surface area (Å²) in [7, 11) is 1.72. The number of nitrogens with one attached hydrogen (secondary N) is 3. The second kappa shape index (κ2) is 12.8. The fourth-order valence-corrected chi connectivity index (χ4v) is 3.37. The number of hydrazine groups is 1. The highest BCUT2D eigenvalue weighted by Gasteiger charge is 2.22. The number of piperazine rings is 1. The predicted octanol–water partition coefficient (Wildman–Crippen LogP) is 0.542. The molecule has 1 aromatic rings. The number of unbranched alkanes of at least 4 members (excludes halogenated alkanes) is 2. The van der Waals surface area contributed by atoms with Crippen LogP contribution in [0.2, 0.25) is 0 Å². The van der Waals surface area contributed by atoms with E-state index < -0.39 is 5.92 Å². The van der Waals surface area contributed by atoms with Crippen molar-refractivity contribution in [2.24, 2.45) is 5.92 Å². The number of rotatable bonds is 13. The molecule has 12 nitrogen and oxygen atoms in total. The van der Waals surface area contributed by atoms with Crippen molar-refractivity contribution in [1.82, 2.24) is 30.3 Å². The number of aromatic nitrogens is 3. The van der Waals surface area contributed by atoms with E-state index in [-0.39, 0.29) is 18.4 Å². The van der Waals surface area contributed by atoms with Crippen LogP contribution in [0.1, 0.15) is 39.5 Å². The summed E-state index contributed by atoms with van der Waals surface area (Å²) in [5.41, 5.74) is 5.36. The maximum atomic E-state index is 12.6. The van der Waals surface area contributed by atoms with Gasteiger partial charge in [0.15, 0.2) is 0 Å². The first-order valence-electron chi connectivity index (χ1n) is 10.9. The van der Waals surface area contributed by atoms with Gasteiger partial charge in [0, 0.05) is 33.2 Å². The van der Waals surface area contributed by atoms with Crippen LogP contribution >= 0.6 is 0 Å². The van der Waals surface area contributed by atoms with Crippen molar-refractivity contribution in [3.63, 3.8) is 0 Å². The number of hydrogen-bond donors (Lipinski definition) is 4. The Morgan fingerprint density at radius 3 is 2.48 bits per heavy atom. The molecule has 31 heavy (non-hydrogen) atoms. The molecule has 1 aliphatic heterocycles. The van der Waals surface area contributed by atoms with Gasteiger partial charge in [0.05, 0.1) is 12.5 Å². The summed E-state index contributed by atoms with van der Waals surface area (Å²) in [5, 5.41) is 12.9. The zero-order chi connectivity index (χ0) is 22.6.